The Morgan fingerprint density at radius 2 is 1.58 bits per heavy atom. The van der Waals surface area contributed by atoms with Crippen molar-refractivity contribution in [2.75, 3.05) is 10.8 Å². The average molecular weight is 659 g/mol. The lowest BCUT2D eigenvalue weighted by Gasteiger charge is -2.32. The summed E-state index contributed by atoms with van der Waals surface area (Å²) in [7, 11) is -4.58. The molecule has 0 bridgehead atoms. The topological polar surface area (TPSA) is 86.8 Å². The Morgan fingerprint density at radius 1 is 0.953 bits per heavy atom. The number of carbonyl (C=O) groups excluding carboxylic acids is 2. The molecule has 2 atom stereocenters. The van der Waals surface area contributed by atoms with Crippen LogP contribution in [0.2, 0.25) is 10.0 Å². The van der Waals surface area contributed by atoms with E-state index in [0.717, 1.165) is 22.6 Å². The molecule has 0 aromatic heterocycles. The second kappa shape index (κ2) is 14.0. The summed E-state index contributed by atoms with van der Waals surface area (Å²) in [4.78, 5) is 28.0. The number of alkyl halides is 3. The molecule has 2 amide bonds. The van der Waals surface area contributed by atoms with Crippen LogP contribution in [0.3, 0.4) is 0 Å². The Balaban J connectivity index is 2.13. The maximum atomic E-state index is 14.0. The Hall–Kier alpha value is -3.28. The van der Waals surface area contributed by atoms with Crippen LogP contribution in [-0.4, -0.2) is 43.8 Å². The van der Waals surface area contributed by atoms with Crippen molar-refractivity contribution in [3.63, 3.8) is 0 Å². The molecule has 3 aromatic carbocycles. The molecule has 3 aromatic rings. The predicted octanol–water partition coefficient (Wildman–Crippen LogP) is 6.85. The molecule has 13 heteroatoms. The van der Waals surface area contributed by atoms with E-state index in [1.54, 1.807) is 38.1 Å². The van der Waals surface area contributed by atoms with Crippen molar-refractivity contribution in [2.24, 2.45) is 0 Å². The Bertz CT molecular complexity index is 1570. The number of halogens is 5. The minimum atomic E-state index is -4.89. The first-order valence-electron chi connectivity index (χ1n) is 13.4. The number of hydrogen-bond acceptors (Lipinski definition) is 4. The quantitative estimate of drug-likeness (QED) is 0.244. The van der Waals surface area contributed by atoms with Gasteiger partial charge in [-0.1, -0.05) is 66.0 Å². The van der Waals surface area contributed by atoms with Gasteiger partial charge in [-0.15, -0.1) is 0 Å². The third-order valence-corrected chi connectivity index (χ3v) is 9.38. The monoisotopic (exact) mass is 657 g/mol. The maximum absolute atomic E-state index is 14.0. The molecule has 0 radical (unpaired) electrons. The summed E-state index contributed by atoms with van der Waals surface area (Å²) in [5, 5.41) is 2.48. The van der Waals surface area contributed by atoms with E-state index in [4.69, 9.17) is 23.2 Å². The Kier molecular flexibility index (Phi) is 11.1. The summed E-state index contributed by atoms with van der Waals surface area (Å²) in [6.07, 6.45) is -4.27. The number of amides is 2. The zero-order valence-corrected chi connectivity index (χ0v) is 26.3. The van der Waals surface area contributed by atoms with Crippen molar-refractivity contribution < 1.29 is 31.2 Å². The van der Waals surface area contributed by atoms with Gasteiger partial charge in [-0.25, -0.2) is 8.42 Å². The first-order chi connectivity index (χ1) is 20.1. The van der Waals surface area contributed by atoms with E-state index in [0.29, 0.717) is 27.4 Å². The second-order valence-corrected chi connectivity index (χ2v) is 12.8. The van der Waals surface area contributed by atoms with Gasteiger partial charge in [0.15, 0.2) is 0 Å². The Labute approximate surface area is 259 Å². The number of nitrogens with zero attached hydrogens (tertiary/aromatic N) is 2. The summed E-state index contributed by atoms with van der Waals surface area (Å²) in [5.41, 5.74) is -0.462. The van der Waals surface area contributed by atoms with Crippen molar-refractivity contribution in [2.45, 2.75) is 63.8 Å². The third-order valence-electron chi connectivity index (χ3n) is 6.90. The molecular formula is C30H32Cl2F3N3O4S. The number of anilines is 1. The molecule has 0 aliphatic heterocycles. The zero-order chi connectivity index (χ0) is 32.1. The lowest BCUT2D eigenvalue weighted by atomic mass is 10.1. The van der Waals surface area contributed by atoms with E-state index in [-0.39, 0.29) is 17.5 Å². The molecule has 3 rings (SSSR count). The van der Waals surface area contributed by atoms with Crippen LogP contribution in [0, 0.1) is 6.92 Å². The number of benzene rings is 3. The van der Waals surface area contributed by atoms with Crippen LogP contribution in [-0.2, 0) is 32.3 Å². The van der Waals surface area contributed by atoms with E-state index in [9.17, 15) is 31.2 Å². The summed E-state index contributed by atoms with van der Waals surface area (Å²) >= 11 is 12.1. The minimum absolute atomic E-state index is 0.166. The van der Waals surface area contributed by atoms with Gasteiger partial charge < -0.3 is 10.2 Å². The fourth-order valence-corrected chi connectivity index (χ4v) is 5.94. The van der Waals surface area contributed by atoms with Gasteiger partial charge in [0.25, 0.3) is 10.0 Å². The molecule has 0 saturated heterocycles. The lowest BCUT2D eigenvalue weighted by molar-refractivity contribution is -0.139. The van der Waals surface area contributed by atoms with Gasteiger partial charge in [-0.3, -0.25) is 13.9 Å². The van der Waals surface area contributed by atoms with E-state index in [1.807, 2.05) is 6.92 Å². The number of hydrogen-bond donors (Lipinski definition) is 1. The lowest BCUT2D eigenvalue weighted by Crippen LogP contribution is -2.52. The molecule has 0 aliphatic rings. The fraction of sp³-hybridized carbons (Fsp3) is 0.333. The smallest absolute Gasteiger partial charge is 0.352 e. The highest BCUT2D eigenvalue weighted by Gasteiger charge is 2.37. The number of sulfonamides is 1. The number of carbonyl (C=O) groups is 2. The van der Waals surface area contributed by atoms with E-state index < -0.39 is 56.9 Å². The molecule has 7 nitrogen and oxygen atoms in total. The van der Waals surface area contributed by atoms with Crippen LogP contribution >= 0.6 is 23.2 Å². The number of aryl methyl sites for hydroxylation is 1. The van der Waals surface area contributed by atoms with E-state index >= 15 is 0 Å². The number of rotatable bonds is 11. The predicted molar refractivity (Wildman–Crippen MR) is 162 cm³/mol. The second-order valence-electron chi connectivity index (χ2n) is 10.1. The zero-order valence-electron chi connectivity index (χ0n) is 24.0. The van der Waals surface area contributed by atoms with Gasteiger partial charge >= 0.3 is 6.18 Å². The van der Waals surface area contributed by atoms with Crippen LogP contribution in [0.4, 0.5) is 18.9 Å². The highest BCUT2D eigenvalue weighted by atomic mass is 35.5. The van der Waals surface area contributed by atoms with E-state index in [1.165, 1.54) is 31.2 Å². The maximum Gasteiger partial charge on any atom is 0.417 e. The fourth-order valence-electron chi connectivity index (χ4n) is 4.11. The summed E-state index contributed by atoms with van der Waals surface area (Å²) in [6, 6.07) is 13.6. The van der Waals surface area contributed by atoms with Gasteiger partial charge in [0, 0.05) is 17.6 Å². The van der Waals surface area contributed by atoms with Crippen molar-refractivity contribution >= 4 is 50.7 Å². The molecule has 0 unspecified atom stereocenters. The molecular weight excluding hydrogens is 626 g/mol. The van der Waals surface area contributed by atoms with Gasteiger partial charge in [0.2, 0.25) is 11.8 Å². The standard InChI is InChI=1S/C30H32Cl2F3N3O4S/c1-5-20(3)36-29(40)21(4)37(17-22-8-6-7-9-26(22)31)28(39)18-38(43(41,42)24-13-10-19(2)11-14-24)23-12-15-27(32)25(16-23)30(33,34)35/h6-16,20-21H,5,17-18H2,1-4H3,(H,36,40)/t20-,21+/m0/s1. The van der Waals surface area contributed by atoms with Gasteiger partial charge in [0.1, 0.15) is 12.6 Å². The van der Waals surface area contributed by atoms with Crippen molar-refractivity contribution in [1.82, 2.24) is 10.2 Å². The van der Waals surface area contributed by atoms with Crippen molar-refractivity contribution in [1.29, 1.82) is 0 Å². The number of nitrogens with one attached hydrogen (secondary N) is 1. The average Bonchev–Trinajstić information content (AvgIpc) is 2.94. The molecule has 232 valence electrons. The normalized spacial score (nSPS) is 13.2. The Morgan fingerprint density at radius 3 is 2.16 bits per heavy atom. The SMILES string of the molecule is CC[C@H](C)NC(=O)[C@@H](C)N(Cc1ccccc1Cl)C(=O)CN(c1ccc(Cl)c(C(F)(F)F)c1)S(=O)(=O)c1ccc(C)cc1. The van der Waals surface area contributed by atoms with Crippen LogP contribution in [0.1, 0.15) is 43.9 Å². The summed E-state index contributed by atoms with van der Waals surface area (Å²) in [5.74, 6) is -1.33. The van der Waals surface area contributed by atoms with Crippen LogP contribution in [0.15, 0.2) is 71.6 Å². The molecule has 1 N–H and O–H groups in total. The molecule has 0 fully saturated rings. The molecule has 0 spiro atoms. The minimum Gasteiger partial charge on any atom is -0.352 e. The highest BCUT2D eigenvalue weighted by molar-refractivity contribution is 7.92. The molecule has 0 aliphatic carbocycles. The summed E-state index contributed by atoms with van der Waals surface area (Å²) < 4.78 is 69.7. The molecule has 43 heavy (non-hydrogen) atoms. The van der Waals surface area contributed by atoms with Gasteiger partial charge in [-0.05, 0) is 69.2 Å². The van der Waals surface area contributed by atoms with Crippen LogP contribution < -0.4 is 9.62 Å². The third kappa shape index (κ3) is 8.43. The van der Waals surface area contributed by atoms with Crippen LogP contribution in [0.25, 0.3) is 0 Å². The van der Waals surface area contributed by atoms with Crippen molar-refractivity contribution in [3.8, 4) is 0 Å². The van der Waals surface area contributed by atoms with Crippen LogP contribution in [0.5, 0.6) is 0 Å². The first kappa shape index (κ1) is 34.2. The van der Waals surface area contributed by atoms with Crippen molar-refractivity contribution in [3.05, 3.63) is 93.5 Å². The van der Waals surface area contributed by atoms with Gasteiger partial charge in [0.05, 0.1) is 21.2 Å². The largest absolute Gasteiger partial charge is 0.417 e. The summed E-state index contributed by atoms with van der Waals surface area (Å²) in [6.45, 7) is 5.80. The molecule has 0 heterocycles. The molecule has 0 saturated carbocycles. The first-order valence-corrected chi connectivity index (χ1v) is 15.5. The van der Waals surface area contributed by atoms with Gasteiger partial charge in [-0.2, -0.15) is 13.2 Å². The van der Waals surface area contributed by atoms with E-state index in [2.05, 4.69) is 5.32 Å². The highest BCUT2D eigenvalue weighted by Crippen LogP contribution is 2.38.